The molecule has 0 aromatic heterocycles. The molecule has 3 N–H and O–H groups in total. The summed E-state index contributed by atoms with van der Waals surface area (Å²) in [7, 11) is -3.78. The van der Waals surface area contributed by atoms with E-state index in [1.807, 2.05) is 0 Å². The minimum Gasteiger partial charge on any atom is -0.346 e. The van der Waals surface area contributed by atoms with Crippen molar-refractivity contribution < 1.29 is 13.2 Å². The number of nitrogens with one attached hydrogen (secondary N) is 1. The molecule has 0 unspecified atom stereocenters. The fourth-order valence-electron chi connectivity index (χ4n) is 1.94. The van der Waals surface area contributed by atoms with E-state index in [0.29, 0.717) is 15.6 Å². The Morgan fingerprint density at radius 1 is 1.09 bits per heavy atom. The quantitative estimate of drug-likeness (QED) is 0.863. The molecule has 0 bridgehead atoms. The van der Waals surface area contributed by atoms with Gasteiger partial charge in [-0.1, -0.05) is 29.3 Å². The van der Waals surface area contributed by atoms with Crippen LogP contribution in [0.25, 0.3) is 0 Å². The SMILES string of the molecule is C[C@H](NC(=O)c1ccc(S(N)(=O)=O)cc1)c1ccc(Cl)c(Cl)c1. The first kappa shape index (κ1) is 17.7. The van der Waals surface area contributed by atoms with Crippen molar-refractivity contribution >= 4 is 39.1 Å². The highest BCUT2D eigenvalue weighted by Gasteiger charge is 2.14. The van der Waals surface area contributed by atoms with Gasteiger partial charge in [-0.05, 0) is 48.9 Å². The number of primary sulfonamides is 1. The van der Waals surface area contributed by atoms with E-state index in [2.05, 4.69) is 5.32 Å². The number of halogens is 2. The Kier molecular flexibility index (Phi) is 5.31. The molecule has 8 heteroatoms. The monoisotopic (exact) mass is 372 g/mol. The topological polar surface area (TPSA) is 89.3 Å². The van der Waals surface area contributed by atoms with Crippen LogP contribution in [0.4, 0.5) is 0 Å². The lowest BCUT2D eigenvalue weighted by Gasteiger charge is -2.15. The maximum Gasteiger partial charge on any atom is 0.251 e. The molecule has 23 heavy (non-hydrogen) atoms. The standard InChI is InChI=1S/C15H14Cl2N2O3S/c1-9(11-4-7-13(16)14(17)8-11)19-15(20)10-2-5-12(6-3-10)23(18,21)22/h2-9H,1H3,(H,19,20)(H2,18,21,22)/t9-/m0/s1. The molecule has 0 aliphatic rings. The van der Waals surface area contributed by atoms with E-state index >= 15 is 0 Å². The molecule has 0 spiro atoms. The van der Waals surface area contributed by atoms with Gasteiger partial charge in [0.1, 0.15) is 0 Å². The van der Waals surface area contributed by atoms with E-state index in [4.69, 9.17) is 28.3 Å². The average molecular weight is 373 g/mol. The molecule has 0 saturated carbocycles. The van der Waals surface area contributed by atoms with Crippen molar-refractivity contribution in [3.8, 4) is 0 Å². The van der Waals surface area contributed by atoms with Gasteiger partial charge in [0, 0.05) is 5.56 Å². The van der Waals surface area contributed by atoms with Crippen molar-refractivity contribution in [2.45, 2.75) is 17.9 Å². The van der Waals surface area contributed by atoms with E-state index in [1.165, 1.54) is 24.3 Å². The Morgan fingerprint density at radius 3 is 2.22 bits per heavy atom. The van der Waals surface area contributed by atoms with Crippen LogP contribution in [0.15, 0.2) is 47.4 Å². The van der Waals surface area contributed by atoms with Gasteiger partial charge in [0.25, 0.3) is 5.91 Å². The van der Waals surface area contributed by atoms with Gasteiger partial charge in [0.15, 0.2) is 0 Å². The van der Waals surface area contributed by atoms with Crippen LogP contribution in [-0.4, -0.2) is 14.3 Å². The molecule has 122 valence electrons. The highest BCUT2D eigenvalue weighted by Crippen LogP contribution is 2.25. The summed E-state index contributed by atoms with van der Waals surface area (Å²) >= 11 is 11.8. The van der Waals surface area contributed by atoms with Gasteiger partial charge in [-0.25, -0.2) is 13.6 Å². The summed E-state index contributed by atoms with van der Waals surface area (Å²) in [4.78, 5) is 12.1. The Balaban J connectivity index is 2.13. The maximum absolute atomic E-state index is 12.2. The Bertz CT molecular complexity index is 836. The molecular formula is C15H14Cl2N2O3S. The second-order valence-electron chi connectivity index (χ2n) is 4.94. The van der Waals surface area contributed by atoms with Gasteiger partial charge in [0.2, 0.25) is 10.0 Å². The molecular weight excluding hydrogens is 359 g/mol. The number of rotatable bonds is 4. The van der Waals surface area contributed by atoms with Crippen LogP contribution >= 0.6 is 23.2 Å². The van der Waals surface area contributed by atoms with Crippen molar-refractivity contribution in [3.05, 3.63) is 63.6 Å². The lowest BCUT2D eigenvalue weighted by Crippen LogP contribution is -2.26. The van der Waals surface area contributed by atoms with E-state index in [0.717, 1.165) is 5.56 Å². The molecule has 0 aliphatic heterocycles. The van der Waals surface area contributed by atoms with E-state index < -0.39 is 10.0 Å². The normalized spacial score (nSPS) is 12.7. The third-order valence-corrected chi connectivity index (χ3v) is 4.90. The molecule has 0 aliphatic carbocycles. The predicted octanol–water partition coefficient (Wildman–Crippen LogP) is 3.13. The fraction of sp³-hybridized carbons (Fsp3) is 0.133. The van der Waals surface area contributed by atoms with Gasteiger partial charge >= 0.3 is 0 Å². The minimum absolute atomic E-state index is 0.0495. The van der Waals surface area contributed by atoms with Crippen molar-refractivity contribution in [3.63, 3.8) is 0 Å². The van der Waals surface area contributed by atoms with Crippen LogP contribution in [0.1, 0.15) is 28.9 Å². The first-order valence-electron chi connectivity index (χ1n) is 6.57. The number of nitrogens with two attached hydrogens (primary N) is 1. The number of amides is 1. The molecule has 2 aromatic carbocycles. The zero-order chi connectivity index (χ0) is 17.2. The zero-order valence-corrected chi connectivity index (χ0v) is 14.4. The molecule has 1 amide bonds. The number of hydrogen-bond donors (Lipinski definition) is 2. The van der Waals surface area contributed by atoms with E-state index in [1.54, 1.807) is 25.1 Å². The van der Waals surface area contributed by atoms with Crippen LogP contribution in [0.3, 0.4) is 0 Å². The zero-order valence-electron chi connectivity index (χ0n) is 12.1. The first-order valence-corrected chi connectivity index (χ1v) is 8.87. The van der Waals surface area contributed by atoms with Crippen molar-refractivity contribution in [2.75, 3.05) is 0 Å². The summed E-state index contributed by atoms with van der Waals surface area (Å²) in [5, 5.41) is 8.65. The van der Waals surface area contributed by atoms with Crippen molar-refractivity contribution in [1.82, 2.24) is 5.32 Å². The average Bonchev–Trinajstić information content (AvgIpc) is 2.49. The van der Waals surface area contributed by atoms with Crippen LogP contribution in [0.5, 0.6) is 0 Å². The van der Waals surface area contributed by atoms with Gasteiger partial charge in [-0.2, -0.15) is 0 Å². The van der Waals surface area contributed by atoms with E-state index in [9.17, 15) is 13.2 Å². The Hall–Kier alpha value is -1.60. The Morgan fingerprint density at radius 2 is 1.70 bits per heavy atom. The third kappa shape index (κ3) is 4.45. The lowest BCUT2D eigenvalue weighted by molar-refractivity contribution is 0.0940. The first-order chi connectivity index (χ1) is 10.7. The summed E-state index contributed by atoms with van der Waals surface area (Å²) in [6.45, 7) is 1.80. The highest BCUT2D eigenvalue weighted by molar-refractivity contribution is 7.89. The molecule has 0 radical (unpaired) electrons. The summed E-state index contributed by atoms with van der Waals surface area (Å²) in [5.41, 5.74) is 1.12. The molecule has 0 saturated heterocycles. The molecule has 2 aromatic rings. The van der Waals surface area contributed by atoms with Crippen LogP contribution in [0.2, 0.25) is 10.0 Å². The molecule has 0 fully saturated rings. The summed E-state index contributed by atoms with van der Waals surface area (Å²) in [5.74, 6) is -0.343. The van der Waals surface area contributed by atoms with Crippen molar-refractivity contribution in [1.29, 1.82) is 0 Å². The maximum atomic E-state index is 12.2. The summed E-state index contributed by atoms with van der Waals surface area (Å²) < 4.78 is 22.4. The summed E-state index contributed by atoms with van der Waals surface area (Å²) in [6, 6.07) is 10.2. The largest absolute Gasteiger partial charge is 0.346 e. The smallest absolute Gasteiger partial charge is 0.251 e. The third-order valence-electron chi connectivity index (χ3n) is 3.24. The van der Waals surface area contributed by atoms with Crippen LogP contribution < -0.4 is 10.5 Å². The molecule has 1 atom stereocenters. The van der Waals surface area contributed by atoms with Crippen molar-refractivity contribution in [2.24, 2.45) is 5.14 Å². The number of sulfonamides is 1. The number of benzene rings is 2. The van der Waals surface area contributed by atoms with E-state index in [-0.39, 0.29) is 16.8 Å². The second kappa shape index (κ2) is 6.88. The second-order valence-corrected chi connectivity index (χ2v) is 7.31. The van der Waals surface area contributed by atoms with Crippen LogP contribution in [0, 0.1) is 0 Å². The summed E-state index contributed by atoms with van der Waals surface area (Å²) in [6.07, 6.45) is 0. The minimum atomic E-state index is -3.78. The number of carbonyl (C=O) groups is 1. The fourth-order valence-corrected chi connectivity index (χ4v) is 2.76. The van der Waals surface area contributed by atoms with Gasteiger partial charge in [-0.15, -0.1) is 0 Å². The number of carbonyl (C=O) groups excluding carboxylic acids is 1. The van der Waals surface area contributed by atoms with Gasteiger partial charge in [-0.3, -0.25) is 4.79 Å². The molecule has 5 nitrogen and oxygen atoms in total. The predicted molar refractivity (Wildman–Crippen MR) is 90.2 cm³/mol. The number of hydrogen-bond acceptors (Lipinski definition) is 3. The lowest BCUT2D eigenvalue weighted by atomic mass is 10.1. The van der Waals surface area contributed by atoms with Crippen LogP contribution in [-0.2, 0) is 10.0 Å². The van der Waals surface area contributed by atoms with Gasteiger partial charge in [0.05, 0.1) is 21.0 Å². The molecule has 2 rings (SSSR count). The Labute approximate surface area is 144 Å². The molecule has 0 heterocycles. The van der Waals surface area contributed by atoms with Gasteiger partial charge < -0.3 is 5.32 Å². The highest BCUT2D eigenvalue weighted by atomic mass is 35.5.